The first-order valence-corrected chi connectivity index (χ1v) is 12.0. The molecule has 3 fully saturated rings. The number of nitrogens with one attached hydrogen (secondary N) is 1. The Labute approximate surface area is 198 Å². The average Bonchev–Trinajstić information content (AvgIpc) is 3.14. The number of carbonyl (C=O) groups excluding carboxylic acids is 3. The van der Waals surface area contributed by atoms with Crippen molar-refractivity contribution in [3.05, 3.63) is 53.2 Å². The van der Waals surface area contributed by atoms with Crippen molar-refractivity contribution in [2.75, 3.05) is 26.3 Å². The van der Waals surface area contributed by atoms with Crippen molar-refractivity contribution < 1.29 is 19.1 Å². The Kier molecular flexibility index (Phi) is 5.22. The molecule has 2 aromatic rings. The van der Waals surface area contributed by atoms with E-state index in [1.807, 2.05) is 24.4 Å². The van der Waals surface area contributed by atoms with Crippen LogP contribution in [0.5, 0.6) is 0 Å². The summed E-state index contributed by atoms with van der Waals surface area (Å²) < 4.78 is 5.44. The van der Waals surface area contributed by atoms with Crippen molar-refractivity contribution in [3.8, 4) is 11.3 Å². The van der Waals surface area contributed by atoms with E-state index in [0.717, 1.165) is 49.7 Å². The molecular weight excluding hydrogens is 432 g/mol. The van der Waals surface area contributed by atoms with Gasteiger partial charge in [-0.3, -0.25) is 29.6 Å². The van der Waals surface area contributed by atoms with Gasteiger partial charge < -0.3 is 9.64 Å². The first-order valence-electron chi connectivity index (χ1n) is 12.0. The van der Waals surface area contributed by atoms with Crippen molar-refractivity contribution in [1.29, 1.82) is 0 Å². The number of carbonyl (C=O) groups is 3. The summed E-state index contributed by atoms with van der Waals surface area (Å²) >= 11 is 0. The second kappa shape index (κ2) is 8.29. The zero-order valence-corrected chi connectivity index (χ0v) is 19.1. The van der Waals surface area contributed by atoms with E-state index >= 15 is 0 Å². The van der Waals surface area contributed by atoms with E-state index in [1.165, 1.54) is 18.4 Å². The number of hydrogen-bond acceptors (Lipinski definition) is 6. The highest BCUT2D eigenvalue weighted by Gasteiger charge is 2.41. The lowest BCUT2D eigenvalue weighted by atomic mass is 9.77. The van der Waals surface area contributed by atoms with Gasteiger partial charge in [0.1, 0.15) is 6.04 Å². The fourth-order valence-electron chi connectivity index (χ4n) is 5.59. The van der Waals surface area contributed by atoms with Gasteiger partial charge in [0, 0.05) is 42.2 Å². The second-order valence-electron chi connectivity index (χ2n) is 10.1. The predicted molar refractivity (Wildman–Crippen MR) is 123 cm³/mol. The smallest absolute Gasteiger partial charge is 0.255 e. The summed E-state index contributed by atoms with van der Waals surface area (Å²) in [5.41, 5.74) is 5.02. The Hall–Kier alpha value is -3.10. The summed E-state index contributed by atoms with van der Waals surface area (Å²) in [7, 11) is 0. The van der Waals surface area contributed by atoms with Gasteiger partial charge in [-0.15, -0.1) is 0 Å². The Morgan fingerprint density at radius 2 is 1.91 bits per heavy atom. The lowest BCUT2D eigenvalue weighted by Gasteiger charge is -2.47. The summed E-state index contributed by atoms with van der Waals surface area (Å²) in [6.45, 7) is 5.30. The van der Waals surface area contributed by atoms with Crippen LogP contribution in [0.1, 0.15) is 47.2 Å². The highest BCUT2D eigenvalue weighted by Crippen LogP contribution is 2.38. The number of ether oxygens (including phenoxy) is 1. The summed E-state index contributed by atoms with van der Waals surface area (Å²) in [5.74, 6) is -0.822. The SMILES string of the molecule is O=C1CCC(N2Cc3cc(-c4cc(CN5CCC6(CC5)COC6)ccn4)ccc3C2=O)C(=O)N1. The topological polar surface area (TPSA) is 91.8 Å². The lowest BCUT2D eigenvalue weighted by molar-refractivity contribution is -0.140. The Morgan fingerprint density at radius 1 is 1.09 bits per heavy atom. The van der Waals surface area contributed by atoms with Crippen molar-refractivity contribution in [1.82, 2.24) is 20.1 Å². The van der Waals surface area contributed by atoms with Gasteiger partial charge in [0.15, 0.2) is 0 Å². The molecule has 1 N–H and O–H groups in total. The molecule has 1 atom stereocenters. The molecule has 1 unspecified atom stereocenters. The van der Waals surface area contributed by atoms with Gasteiger partial charge in [-0.1, -0.05) is 6.07 Å². The minimum Gasteiger partial charge on any atom is -0.380 e. The third-order valence-electron chi connectivity index (χ3n) is 7.78. The molecule has 8 heteroatoms. The number of fused-ring (bicyclic) bond motifs is 1. The molecule has 5 heterocycles. The standard InChI is InChI=1S/C26H28N4O4/c31-23-4-3-22(24(32)28-23)30-14-19-12-18(1-2-20(19)25(30)33)21-11-17(5-8-27-21)13-29-9-6-26(7-10-29)15-34-16-26/h1-2,5,8,11-12,22H,3-4,6-7,9-10,13-16H2,(H,28,31,32). The van der Waals surface area contributed by atoms with Crippen molar-refractivity contribution in [2.45, 2.75) is 44.8 Å². The number of aromatic nitrogens is 1. The minimum absolute atomic E-state index is 0.155. The molecule has 3 saturated heterocycles. The maximum atomic E-state index is 13.0. The maximum absolute atomic E-state index is 13.0. The van der Waals surface area contributed by atoms with Gasteiger partial charge in [-0.2, -0.15) is 0 Å². The van der Waals surface area contributed by atoms with Crippen LogP contribution in [0.25, 0.3) is 11.3 Å². The van der Waals surface area contributed by atoms with E-state index in [9.17, 15) is 14.4 Å². The predicted octanol–water partition coefficient (Wildman–Crippen LogP) is 2.12. The van der Waals surface area contributed by atoms with E-state index in [0.29, 0.717) is 23.9 Å². The molecular formula is C26H28N4O4. The van der Waals surface area contributed by atoms with Crippen LogP contribution in [0.2, 0.25) is 0 Å². The van der Waals surface area contributed by atoms with E-state index < -0.39 is 6.04 Å². The van der Waals surface area contributed by atoms with Gasteiger partial charge >= 0.3 is 0 Å². The molecule has 1 spiro atoms. The highest BCUT2D eigenvalue weighted by molar-refractivity contribution is 6.05. The van der Waals surface area contributed by atoms with Gasteiger partial charge in [-0.25, -0.2) is 0 Å². The Balaban J connectivity index is 1.16. The van der Waals surface area contributed by atoms with Crippen LogP contribution in [-0.4, -0.2) is 64.9 Å². The number of amides is 3. The monoisotopic (exact) mass is 460 g/mol. The molecule has 0 aliphatic carbocycles. The first-order chi connectivity index (χ1) is 16.5. The summed E-state index contributed by atoms with van der Waals surface area (Å²) in [4.78, 5) is 45.4. The van der Waals surface area contributed by atoms with Crippen LogP contribution in [0.4, 0.5) is 0 Å². The zero-order valence-electron chi connectivity index (χ0n) is 19.1. The van der Waals surface area contributed by atoms with Crippen LogP contribution in [-0.2, 0) is 27.4 Å². The number of nitrogens with zero attached hydrogens (tertiary/aromatic N) is 3. The third kappa shape index (κ3) is 3.80. The van der Waals surface area contributed by atoms with E-state index in [4.69, 9.17) is 4.74 Å². The molecule has 6 rings (SSSR count). The Bertz CT molecular complexity index is 1170. The quantitative estimate of drug-likeness (QED) is 0.703. The zero-order chi connectivity index (χ0) is 23.3. The van der Waals surface area contributed by atoms with E-state index in [2.05, 4.69) is 27.3 Å². The molecule has 0 bridgehead atoms. The number of imide groups is 1. The van der Waals surface area contributed by atoms with Crippen molar-refractivity contribution in [3.63, 3.8) is 0 Å². The maximum Gasteiger partial charge on any atom is 0.255 e. The van der Waals surface area contributed by atoms with Crippen molar-refractivity contribution >= 4 is 17.7 Å². The molecule has 1 aromatic carbocycles. The van der Waals surface area contributed by atoms with Crippen LogP contribution in [0.15, 0.2) is 36.5 Å². The normalized spacial score (nSPS) is 24.2. The van der Waals surface area contributed by atoms with Gasteiger partial charge in [0.05, 0.1) is 18.9 Å². The number of piperidine rings is 2. The molecule has 4 aliphatic rings. The number of benzene rings is 1. The van der Waals surface area contributed by atoms with E-state index in [-0.39, 0.29) is 24.1 Å². The fraction of sp³-hybridized carbons (Fsp3) is 0.462. The van der Waals surface area contributed by atoms with Gasteiger partial charge in [0.25, 0.3) is 5.91 Å². The number of hydrogen-bond donors (Lipinski definition) is 1. The van der Waals surface area contributed by atoms with Gasteiger partial charge in [0.2, 0.25) is 11.8 Å². The summed E-state index contributed by atoms with van der Waals surface area (Å²) in [6.07, 6.45) is 4.88. The van der Waals surface area contributed by atoms with Gasteiger partial charge in [-0.05, 0) is 67.7 Å². The molecule has 1 aromatic heterocycles. The molecule has 0 radical (unpaired) electrons. The molecule has 4 aliphatic heterocycles. The van der Waals surface area contributed by atoms with Crippen LogP contribution >= 0.6 is 0 Å². The molecule has 8 nitrogen and oxygen atoms in total. The highest BCUT2D eigenvalue weighted by atomic mass is 16.5. The molecule has 34 heavy (non-hydrogen) atoms. The summed E-state index contributed by atoms with van der Waals surface area (Å²) in [5, 5.41) is 2.35. The first kappa shape index (κ1) is 21.4. The average molecular weight is 461 g/mol. The number of rotatable bonds is 4. The van der Waals surface area contributed by atoms with E-state index in [1.54, 1.807) is 4.90 Å². The second-order valence-corrected chi connectivity index (χ2v) is 10.1. The molecule has 3 amide bonds. The molecule has 0 saturated carbocycles. The lowest BCUT2D eigenvalue weighted by Crippen LogP contribution is -2.52. The minimum atomic E-state index is -0.599. The number of likely N-dealkylation sites (tertiary alicyclic amines) is 1. The van der Waals surface area contributed by atoms with Crippen LogP contribution in [0.3, 0.4) is 0 Å². The number of pyridine rings is 1. The Morgan fingerprint density at radius 3 is 2.65 bits per heavy atom. The third-order valence-corrected chi connectivity index (χ3v) is 7.78. The fourth-order valence-corrected chi connectivity index (χ4v) is 5.59. The van der Waals surface area contributed by atoms with Crippen LogP contribution in [0, 0.1) is 5.41 Å². The van der Waals surface area contributed by atoms with Crippen LogP contribution < -0.4 is 5.32 Å². The molecule has 176 valence electrons. The summed E-state index contributed by atoms with van der Waals surface area (Å²) in [6, 6.07) is 9.37. The largest absolute Gasteiger partial charge is 0.380 e. The van der Waals surface area contributed by atoms with Crippen molar-refractivity contribution in [2.24, 2.45) is 5.41 Å².